The van der Waals surface area contributed by atoms with Crippen LogP contribution in [0.15, 0.2) is 29.8 Å². The van der Waals surface area contributed by atoms with Crippen LogP contribution in [0.25, 0.3) is 0 Å². The van der Waals surface area contributed by atoms with Crippen molar-refractivity contribution in [1.82, 2.24) is 9.88 Å². The summed E-state index contributed by atoms with van der Waals surface area (Å²) in [4.78, 5) is 19.5. The molecular formula is C16H17ClN2O2S. The Morgan fingerprint density at radius 3 is 3.00 bits per heavy atom. The Hall–Kier alpha value is -1.43. The monoisotopic (exact) mass is 336 g/mol. The van der Waals surface area contributed by atoms with Crippen molar-refractivity contribution in [1.29, 1.82) is 0 Å². The minimum absolute atomic E-state index is 0.0304. The lowest BCUT2D eigenvalue weighted by atomic mass is 10.1. The van der Waals surface area contributed by atoms with E-state index in [4.69, 9.17) is 16.3 Å². The van der Waals surface area contributed by atoms with Crippen molar-refractivity contribution in [2.75, 3.05) is 13.2 Å². The molecule has 1 fully saturated rings. The number of aromatic nitrogens is 1. The number of benzene rings is 1. The van der Waals surface area contributed by atoms with Crippen molar-refractivity contribution in [2.45, 2.75) is 26.0 Å². The van der Waals surface area contributed by atoms with Gasteiger partial charge in [0, 0.05) is 5.02 Å². The number of halogens is 1. The van der Waals surface area contributed by atoms with Crippen LogP contribution in [-0.2, 0) is 4.74 Å². The third kappa shape index (κ3) is 3.02. The van der Waals surface area contributed by atoms with Crippen molar-refractivity contribution < 1.29 is 9.53 Å². The molecule has 2 aromatic rings. The molecule has 1 amide bonds. The fraction of sp³-hybridized carbons (Fsp3) is 0.375. The van der Waals surface area contributed by atoms with E-state index in [2.05, 4.69) is 4.98 Å². The van der Waals surface area contributed by atoms with Gasteiger partial charge < -0.3 is 9.64 Å². The summed E-state index contributed by atoms with van der Waals surface area (Å²) in [6, 6.07) is 7.65. The van der Waals surface area contributed by atoms with Gasteiger partial charge in [0.1, 0.15) is 11.0 Å². The first-order valence-corrected chi connectivity index (χ1v) is 8.40. The van der Waals surface area contributed by atoms with Crippen LogP contribution in [0, 0.1) is 6.92 Å². The number of rotatable bonds is 2. The molecule has 6 heteroatoms. The first-order chi connectivity index (χ1) is 10.6. The van der Waals surface area contributed by atoms with E-state index in [1.807, 2.05) is 43.0 Å². The van der Waals surface area contributed by atoms with Gasteiger partial charge >= 0.3 is 0 Å². The standard InChI is InChI=1S/C16H17ClN2O2S/c1-10-8-21-14(12-4-3-5-13(17)6-12)7-19(10)16(20)15-11(2)18-9-22-15/h3-6,9-10,14H,7-8H2,1-2H3/t10-,14+/m0/s1. The van der Waals surface area contributed by atoms with Crippen LogP contribution < -0.4 is 0 Å². The molecule has 22 heavy (non-hydrogen) atoms. The van der Waals surface area contributed by atoms with Gasteiger partial charge in [0.05, 0.1) is 30.4 Å². The minimum atomic E-state index is -0.146. The number of carbonyl (C=O) groups is 1. The number of nitrogens with zero attached hydrogens (tertiary/aromatic N) is 2. The van der Waals surface area contributed by atoms with Gasteiger partial charge in [-0.05, 0) is 31.5 Å². The van der Waals surface area contributed by atoms with Gasteiger partial charge in [0.15, 0.2) is 0 Å². The van der Waals surface area contributed by atoms with Crippen LogP contribution in [-0.4, -0.2) is 35.0 Å². The van der Waals surface area contributed by atoms with Crippen LogP contribution in [0.4, 0.5) is 0 Å². The van der Waals surface area contributed by atoms with Crippen molar-refractivity contribution in [3.05, 3.63) is 50.9 Å². The Labute approximate surface area is 138 Å². The highest BCUT2D eigenvalue weighted by Gasteiger charge is 2.32. The van der Waals surface area contributed by atoms with Gasteiger partial charge in [-0.1, -0.05) is 23.7 Å². The molecule has 0 spiro atoms. The summed E-state index contributed by atoms with van der Waals surface area (Å²) in [5.41, 5.74) is 3.49. The molecule has 0 radical (unpaired) electrons. The number of aryl methyl sites for hydroxylation is 1. The van der Waals surface area contributed by atoms with Gasteiger partial charge in [-0.15, -0.1) is 11.3 Å². The number of ether oxygens (including phenoxy) is 1. The number of hydrogen-bond acceptors (Lipinski definition) is 4. The lowest BCUT2D eigenvalue weighted by molar-refractivity contribution is -0.0485. The highest BCUT2D eigenvalue weighted by molar-refractivity contribution is 7.11. The lowest BCUT2D eigenvalue weighted by Gasteiger charge is -2.38. The molecule has 2 atom stereocenters. The summed E-state index contributed by atoms with van der Waals surface area (Å²) in [6.07, 6.45) is -0.146. The van der Waals surface area contributed by atoms with E-state index >= 15 is 0 Å². The Morgan fingerprint density at radius 2 is 2.32 bits per heavy atom. The molecule has 2 heterocycles. The maximum absolute atomic E-state index is 12.8. The van der Waals surface area contributed by atoms with E-state index in [0.717, 1.165) is 11.3 Å². The molecule has 1 saturated heterocycles. The maximum atomic E-state index is 12.8. The molecule has 1 aromatic heterocycles. The molecule has 0 unspecified atom stereocenters. The molecule has 1 aliphatic rings. The number of hydrogen-bond donors (Lipinski definition) is 0. The van der Waals surface area contributed by atoms with Crippen molar-refractivity contribution in [3.63, 3.8) is 0 Å². The fourth-order valence-corrected chi connectivity index (χ4v) is 3.54. The highest BCUT2D eigenvalue weighted by Crippen LogP contribution is 2.28. The molecule has 3 rings (SSSR count). The largest absolute Gasteiger partial charge is 0.370 e. The second kappa shape index (κ2) is 6.36. The molecule has 0 N–H and O–H groups in total. The number of thiazole rings is 1. The average Bonchev–Trinajstić information content (AvgIpc) is 2.93. The van der Waals surface area contributed by atoms with Gasteiger partial charge in [0.2, 0.25) is 0 Å². The zero-order valence-electron chi connectivity index (χ0n) is 12.5. The number of amides is 1. The molecule has 116 valence electrons. The molecule has 1 aliphatic heterocycles. The second-order valence-electron chi connectivity index (χ2n) is 5.45. The zero-order valence-corrected chi connectivity index (χ0v) is 14.0. The maximum Gasteiger partial charge on any atom is 0.266 e. The summed E-state index contributed by atoms with van der Waals surface area (Å²) in [5.74, 6) is 0.0304. The smallest absolute Gasteiger partial charge is 0.266 e. The zero-order chi connectivity index (χ0) is 15.7. The summed E-state index contributed by atoms with van der Waals surface area (Å²) in [5, 5.41) is 0.677. The first-order valence-electron chi connectivity index (χ1n) is 7.14. The van der Waals surface area contributed by atoms with Crippen LogP contribution in [0.3, 0.4) is 0 Å². The predicted octanol–water partition coefficient (Wildman–Crippen LogP) is 3.71. The van der Waals surface area contributed by atoms with Crippen LogP contribution in [0.5, 0.6) is 0 Å². The number of carbonyl (C=O) groups excluding carboxylic acids is 1. The van der Waals surface area contributed by atoms with Gasteiger partial charge in [0.25, 0.3) is 5.91 Å². The van der Waals surface area contributed by atoms with Crippen molar-refractivity contribution in [3.8, 4) is 0 Å². The third-order valence-electron chi connectivity index (χ3n) is 3.85. The molecule has 1 aromatic carbocycles. The number of morpholine rings is 1. The predicted molar refractivity (Wildman–Crippen MR) is 87.5 cm³/mol. The summed E-state index contributed by atoms with van der Waals surface area (Å²) in [7, 11) is 0. The topological polar surface area (TPSA) is 42.4 Å². The average molecular weight is 337 g/mol. The van der Waals surface area contributed by atoms with E-state index in [1.54, 1.807) is 5.51 Å². The van der Waals surface area contributed by atoms with E-state index in [0.29, 0.717) is 23.1 Å². The molecule has 4 nitrogen and oxygen atoms in total. The fourth-order valence-electron chi connectivity index (χ4n) is 2.59. The lowest BCUT2D eigenvalue weighted by Crippen LogP contribution is -2.48. The van der Waals surface area contributed by atoms with Crippen LogP contribution in [0.2, 0.25) is 5.02 Å². The van der Waals surface area contributed by atoms with Crippen LogP contribution in [0.1, 0.15) is 34.0 Å². The molecular weight excluding hydrogens is 320 g/mol. The Bertz CT molecular complexity index is 688. The highest BCUT2D eigenvalue weighted by atomic mass is 35.5. The summed E-state index contributed by atoms with van der Waals surface area (Å²) in [6.45, 7) is 4.91. The van der Waals surface area contributed by atoms with Gasteiger partial charge in [-0.3, -0.25) is 4.79 Å². The van der Waals surface area contributed by atoms with Crippen molar-refractivity contribution in [2.24, 2.45) is 0 Å². The minimum Gasteiger partial charge on any atom is -0.370 e. The SMILES string of the molecule is Cc1ncsc1C(=O)N1C[C@H](c2cccc(Cl)c2)OC[C@@H]1C. The van der Waals surface area contributed by atoms with E-state index in [9.17, 15) is 4.79 Å². The Morgan fingerprint density at radius 1 is 1.50 bits per heavy atom. The summed E-state index contributed by atoms with van der Waals surface area (Å²) >= 11 is 7.44. The van der Waals surface area contributed by atoms with E-state index in [-0.39, 0.29) is 18.1 Å². The molecule has 0 aliphatic carbocycles. The van der Waals surface area contributed by atoms with Gasteiger partial charge in [-0.2, -0.15) is 0 Å². The Kier molecular flexibility index (Phi) is 4.47. The second-order valence-corrected chi connectivity index (χ2v) is 6.74. The van der Waals surface area contributed by atoms with E-state index < -0.39 is 0 Å². The quantitative estimate of drug-likeness (QED) is 0.839. The Balaban J connectivity index is 1.82. The first kappa shape index (κ1) is 15.5. The van der Waals surface area contributed by atoms with Crippen LogP contribution >= 0.6 is 22.9 Å². The normalized spacial score (nSPS) is 21.9. The van der Waals surface area contributed by atoms with Gasteiger partial charge in [-0.25, -0.2) is 4.98 Å². The summed E-state index contributed by atoms with van der Waals surface area (Å²) < 4.78 is 5.89. The van der Waals surface area contributed by atoms with E-state index in [1.165, 1.54) is 11.3 Å². The van der Waals surface area contributed by atoms with Crippen molar-refractivity contribution >= 4 is 28.8 Å². The molecule has 0 bridgehead atoms. The molecule has 0 saturated carbocycles. The third-order valence-corrected chi connectivity index (χ3v) is 5.01.